The zero-order valence-corrected chi connectivity index (χ0v) is 17.2. The predicted octanol–water partition coefficient (Wildman–Crippen LogP) is 2.35. The molecule has 0 unspecified atom stereocenters. The van der Waals surface area contributed by atoms with Crippen molar-refractivity contribution in [2.75, 3.05) is 24.0 Å². The maximum absolute atomic E-state index is 13.3. The van der Waals surface area contributed by atoms with Gasteiger partial charge in [0.2, 0.25) is 11.8 Å². The molecule has 2 aromatic heterocycles. The smallest absolute Gasteiger partial charge is 0.248 e. The van der Waals surface area contributed by atoms with Crippen molar-refractivity contribution in [1.29, 1.82) is 0 Å². The molecule has 0 spiro atoms. The summed E-state index contributed by atoms with van der Waals surface area (Å²) in [5.41, 5.74) is 1.75. The van der Waals surface area contributed by atoms with Crippen LogP contribution in [0.4, 0.5) is 5.69 Å². The maximum Gasteiger partial charge on any atom is 0.248 e. The van der Waals surface area contributed by atoms with Crippen LogP contribution in [-0.4, -0.2) is 51.9 Å². The summed E-state index contributed by atoms with van der Waals surface area (Å²) in [4.78, 5) is 39.5. The summed E-state index contributed by atoms with van der Waals surface area (Å²) in [7, 11) is 0. The summed E-state index contributed by atoms with van der Waals surface area (Å²) < 4.78 is 10.7. The van der Waals surface area contributed by atoms with Gasteiger partial charge in [-0.2, -0.15) is 0 Å². The summed E-state index contributed by atoms with van der Waals surface area (Å²) >= 11 is 5.92. The van der Waals surface area contributed by atoms with E-state index in [1.165, 1.54) is 30.0 Å². The van der Waals surface area contributed by atoms with E-state index in [1.54, 1.807) is 30.5 Å². The lowest BCUT2D eigenvalue weighted by Gasteiger charge is -2.31. The Bertz CT molecular complexity index is 1010. The molecule has 0 bridgehead atoms. The molecule has 1 N–H and O–H groups in total. The molecule has 1 aliphatic heterocycles. The van der Waals surface area contributed by atoms with Crippen LogP contribution < -0.4 is 10.2 Å². The summed E-state index contributed by atoms with van der Waals surface area (Å²) in [6.07, 6.45) is 8.04. The predicted molar refractivity (Wildman–Crippen MR) is 112 cm³/mol. The number of aromatic nitrogens is 3. The van der Waals surface area contributed by atoms with Crippen LogP contribution >= 0.6 is 11.6 Å². The highest BCUT2D eigenvalue weighted by Crippen LogP contribution is 2.30. The van der Waals surface area contributed by atoms with Crippen LogP contribution in [0.1, 0.15) is 18.0 Å². The zero-order chi connectivity index (χ0) is 21.6. The third kappa shape index (κ3) is 4.73. The molecule has 3 heterocycles. The lowest BCUT2D eigenvalue weighted by molar-refractivity contribution is -0.126. The van der Waals surface area contributed by atoms with Crippen molar-refractivity contribution in [3.8, 4) is 11.3 Å². The average molecular weight is 442 g/mol. The zero-order valence-electron chi connectivity index (χ0n) is 16.5. The molecular weight excluding hydrogens is 422 g/mol. The van der Waals surface area contributed by atoms with Gasteiger partial charge >= 0.3 is 0 Å². The molecule has 1 saturated heterocycles. The standard InChI is InChI=1S/C21H20ClN5O4/c22-7-19(28)27(17-3-1-14(2-4-17)18-10-25-13-31-18)20(15-8-23-12-24-9-15)21(29)26-16-5-6-30-11-16/h1-4,8-10,12-13,16,20H,5-7,11H2,(H,26,29)/t16-,20+/m0/s1. The van der Waals surface area contributed by atoms with Gasteiger partial charge in [0, 0.05) is 35.8 Å². The molecule has 1 aromatic carbocycles. The Hall–Kier alpha value is -3.30. The van der Waals surface area contributed by atoms with E-state index in [2.05, 4.69) is 20.3 Å². The Balaban J connectivity index is 1.70. The van der Waals surface area contributed by atoms with E-state index in [0.717, 1.165) is 5.56 Å². The lowest BCUT2D eigenvalue weighted by atomic mass is 10.0. The summed E-state index contributed by atoms with van der Waals surface area (Å²) in [6.45, 7) is 1.01. The Labute approximate surface area is 183 Å². The van der Waals surface area contributed by atoms with Gasteiger partial charge in [0.25, 0.3) is 0 Å². The molecule has 0 radical (unpaired) electrons. The molecule has 0 aliphatic carbocycles. The van der Waals surface area contributed by atoms with Crippen molar-refractivity contribution in [2.45, 2.75) is 18.5 Å². The van der Waals surface area contributed by atoms with E-state index in [4.69, 9.17) is 20.8 Å². The third-order valence-electron chi connectivity index (χ3n) is 4.92. The molecule has 1 aliphatic rings. The van der Waals surface area contributed by atoms with E-state index in [-0.39, 0.29) is 17.8 Å². The normalized spacial score (nSPS) is 16.6. The van der Waals surface area contributed by atoms with E-state index in [0.29, 0.717) is 36.6 Å². The first kappa shape index (κ1) is 21.0. The van der Waals surface area contributed by atoms with Crippen LogP contribution in [0.3, 0.4) is 0 Å². The fraction of sp³-hybridized carbons (Fsp3) is 0.286. The number of carbonyl (C=O) groups is 2. The number of amides is 2. The molecule has 2 atom stereocenters. The van der Waals surface area contributed by atoms with Gasteiger partial charge in [0.05, 0.1) is 18.8 Å². The van der Waals surface area contributed by atoms with Gasteiger partial charge in [0.1, 0.15) is 18.2 Å². The monoisotopic (exact) mass is 441 g/mol. The largest absolute Gasteiger partial charge is 0.444 e. The fourth-order valence-corrected chi connectivity index (χ4v) is 3.57. The number of alkyl halides is 1. The number of hydrogen-bond donors (Lipinski definition) is 1. The van der Waals surface area contributed by atoms with Gasteiger partial charge in [-0.25, -0.2) is 15.0 Å². The van der Waals surface area contributed by atoms with Crippen LogP contribution in [0.2, 0.25) is 0 Å². The molecule has 0 saturated carbocycles. The second kappa shape index (κ2) is 9.67. The molecule has 10 heteroatoms. The highest BCUT2D eigenvalue weighted by Gasteiger charge is 2.34. The average Bonchev–Trinajstić information content (AvgIpc) is 3.52. The van der Waals surface area contributed by atoms with Gasteiger partial charge < -0.3 is 14.5 Å². The number of benzene rings is 1. The first-order valence-electron chi connectivity index (χ1n) is 9.67. The van der Waals surface area contributed by atoms with Gasteiger partial charge in [-0.15, -0.1) is 11.6 Å². The van der Waals surface area contributed by atoms with E-state index < -0.39 is 11.9 Å². The van der Waals surface area contributed by atoms with E-state index >= 15 is 0 Å². The minimum absolute atomic E-state index is 0.124. The number of carbonyl (C=O) groups excluding carboxylic acids is 2. The Morgan fingerprint density at radius 3 is 2.55 bits per heavy atom. The number of halogens is 1. The summed E-state index contributed by atoms with van der Waals surface area (Å²) in [5, 5.41) is 2.96. The van der Waals surface area contributed by atoms with Gasteiger partial charge in [-0.3, -0.25) is 14.5 Å². The minimum atomic E-state index is -0.996. The molecule has 160 valence electrons. The van der Waals surface area contributed by atoms with Gasteiger partial charge in [0.15, 0.2) is 12.2 Å². The van der Waals surface area contributed by atoms with Crippen LogP contribution in [0.25, 0.3) is 11.3 Å². The molecule has 3 aromatic rings. The second-order valence-corrected chi connectivity index (χ2v) is 7.22. The van der Waals surface area contributed by atoms with Crippen molar-refractivity contribution in [1.82, 2.24) is 20.3 Å². The number of nitrogens with one attached hydrogen (secondary N) is 1. The van der Waals surface area contributed by atoms with Crippen molar-refractivity contribution in [2.24, 2.45) is 0 Å². The molecule has 1 fully saturated rings. The number of rotatable bonds is 7. The Kier molecular flexibility index (Phi) is 6.54. The fourth-order valence-electron chi connectivity index (χ4n) is 3.44. The molecule has 4 rings (SSSR count). The van der Waals surface area contributed by atoms with E-state index in [9.17, 15) is 9.59 Å². The van der Waals surface area contributed by atoms with Crippen molar-refractivity contribution in [3.63, 3.8) is 0 Å². The molecule has 31 heavy (non-hydrogen) atoms. The molecular formula is C21H20ClN5O4. The Morgan fingerprint density at radius 1 is 1.16 bits per heavy atom. The van der Waals surface area contributed by atoms with Crippen LogP contribution in [-0.2, 0) is 14.3 Å². The molecule has 2 amide bonds. The van der Waals surface area contributed by atoms with Crippen molar-refractivity contribution in [3.05, 3.63) is 61.1 Å². The SMILES string of the molecule is O=C(N[C@H]1CCOC1)[C@@H](c1cncnc1)N(C(=O)CCl)c1ccc(-c2cnco2)cc1. The van der Waals surface area contributed by atoms with Crippen molar-refractivity contribution < 1.29 is 18.7 Å². The third-order valence-corrected chi connectivity index (χ3v) is 5.15. The number of anilines is 1. The number of oxazole rings is 1. The molecule has 9 nitrogen and oxygen atoms in total. The summed E-state index contributed by atoms with van der Waals surface area (Å²) in [6, 6.07) is 5.90. The number of nitrogens with zero attached hydrogens (tertiary/aromatic N) is 4. The first-order valence-corrected chi connectivity index (χ1v) is 10.2. The summed E-state index contributed by atoms with van der Waals surface area (Å²) in [5.74, 6) is -0.494. The van der Waals surface area contributed by atoms with Crippen LogP contribution in [0.5, 0.6) is 0 Å². The van der Waals surface area contributed by atoms with Crippen molar-refractivity contribution >= 4 is 29.1 Å². The topological polar surface area (TPSA) is 110 Å². The Morgan fingerprint density at radius 2 is 1.94 bits per heavy atom. The minimum Gasteiger partial charge on any atom is -0.444 e. The van der Waals surface area contributed by atoms with E-state index in [1.807, 2.05) is 0 Å². The maximum atomic E-state index is 13.3. The number of hydrogen-bond acceptors (Lipinski definition) is 7. The number of ether oxygens (including phenoxy) is 1. The highest BCUT2D eigenvalue weighted by molar-refractivity contribution is 6.29. The van der Waals surface area contributed by atoms with Crippen LogP contribution in [0.15, 0.2) is 60.0 Å². The second-order valence-electron chi connectivity index (χ2n) is 6.95. The quantitative estimate of drug-likeness (QED) is 0.560. The lowest BCUT2D eigenvalue weighted by Crippen LogP contribution is -2.47. The highest BCUT2D eigenvalue weighted by atomic mass is 35.5. The van der Waals surface area contributed by atoms with Gasteiger partial charge in [-0.1, -0.05) is 0 Å². The van der Waals surface area contributed by atoms with Crippen LogP contribution in [0, 0.1) is 0 Å². The first-order chi connectivity index (χ1) is 15.2. The van der Waals surface area contributed by atoms with Gasteiger partial charge in [-0.05, 0) is 30.7 Å².